The molecule has 0 spiro atoms. The number of ether oxygens (including phenoxy) is 3. The first-order chi connectivity index (χ1) is 19.4. The van der Waals surface area contributed by atoms with Gasteiger partial charge in [-0.15, -0.1) is 0 Å². The molecule has 41 heavy (non-hydrogen) atoms. The van der Waals surface area contributed by atoms with Crippen LogP contribution in [0.25, 0.3) is 12.2 Å². The predicted octanol–water partition coefficient (Wildman–Crippen LogP) is 5.48. The lowest BCUT2D eigenvalue weighted by atomic mass is 10.1. The molecule has 0 saturated carbocycles. The van der Waals surface area contributed by atoms with Gasteiger partial charge in [0.1, 0.15) is 5.60 Å². The zero-order valence-corrected chi connectivity index (χ0v) is 25.0. The van der Waals surface area contributed by atoms with E-state index >= 15 is 0 Å². The number of aromatic nitrogens is 2. The van der Waals surface area contributed by atoms with Crippen molar-refractivity contribution in [3.8, 4) is 11.8 Å². The zero-order chi connectivity index (χ0) is 30.4. The van der Waals surface area contributed by atoms with Crippen LogP contribution in [-0.2, 0) is 19.0 Å². The lowest BCUT2D eigenvalue weighted by Gasteiger charge is -2.24. The molecule has 2 amide bonds. The van der Waals surface area contributed by atoms with Crippen LogP contribution in [0, 0.1) is 18.8 Å². The zero-order valence-electron chi connectivity index (χ0n) is 25.0. The second-order valence-electron chi connectivity index (χ2n) is 10.3. The molecule has 0 aliphatic rings. The monoisotopic (exact) mass is 564 g/mol. The molecule has 10 nitrogen and oxygen atoms in total. The van der Waals surface area contributed by atoms with Crippen LogP contribution in [0.3, 0.4) is 0 Å². The van der Waals surface area contributed by atoms with Crippen molar-refractivity contribution in [3.05, 3.63) is 53.1 Å². The molecule has 1 aromatic carbocycles. The van der Waals surface area contributed by atoms with Gasteiger partial charge in [-0.25, -0.2) is 19.6 Å². The van der Waals surface area contributed by atoms with Crippen LogP contribution in [0.15, 0.2) is 30.3 Å². The van der Waals surface area contributed by atoms with Crippen LogP contribution in [0.4, 0.5) is 15.3 Å². The third-order valence-electron chi connectivity index (χ3n) is 5.55. The predicted molar refractivity (Wildman–Crippen MR) is 158 cm³/mol. The molecule has 1 aromatic heterocycles. The van der Waals surface area contributed by atoms with Gasteiger partial charge in [0.05, 0.1) is 19.4 Å². The van der Waals surface area contributed by atoms with Crippen molar-refractivity contribution in [2.45, 2.75) is 59.0 Å². The average molecular weight is 565 g/mol. The molecule has 0 atom stereocenters. The first-order valence-corrected chi connectivity index (χ1v) is 13.4. The quantitative estimate of drug-likeness (QED) is 0.161. The lowest BCUT2D eigenvalue weighted by Crippen LogP contribution is -2.35. The molecule has 0 aliphatic carbocycles. The highest BCUT2D eigenvalue weighted by atomic mass is 16.6. The molecule has 2 aromatic rings. The lowest BCUT2D eigenvalue weighted by molar-refractivity contribution is -0.140. The number of anilines is 1. The molecule has 10 heteroatoms. The third kappa shape index (κ3) is 12.6. The molecular formula is C31H40N4O6. The van der Waals surface area contributed by atoms with Crippen molar-refractivity contribution in [3.63, 3.8) is 0 Å². The Labute approximate surface area is 242 Å². The largest absolute Gasteiger partial charge is 0.469 e. The minimum absolute atomic E-state index is 0.176. The number of amides is 2. The SMILES string of the molecule is COC(=O)CCCC#Cc1nc(C)cc(/C=C/c2ccc(N(C)C(=O)OCCCN(C)C(=O)OC(C)(C)C)cc2)n1. The molecule has 0 bridgehead atoms. The van der Waals surface area contributed by atoms with Crippen molar-refractivity contribution in [2.24, 2.45) is 0 Å². The van der Waals surface area contributed by atoms with E-state index in [2.05, 4.69) is 26.5 Å². The summed E-state index contributed by atoms with van der Waals surface area (Å²) in [5.74, 6) is 6.13. The highest BCUT2D eigenvalue weighted by Crippen LogP contribution is 2.17. The van der Waals surface area contributed by atoms with Gasteiger partial charge >= 0.3 is 18.2 Å². The van der Waals surface area contributed by atoms with Crippen molar-refractivity contribution < 1.29 is 28.6 Å². The smallest absolute Gasteiger partial charge is 0.414 e. The van der Waals surface area contributed by atoms with E-state index < -0.39 is 17.8 Å². The number of hydrogen-bond donors (Lipinski definition) is 0. The fourth-order valence-corrected chi connectivity index (χ4v) is 3.38. The minimum Gasteiger partial charge on any atom is -0.469 e. The van der Waals surface area contributed by atoms with E-state index in [1.807, 2.05) is 70.2 Å². The molecule has 220 valence electrons. The minimum atomic E-state index is -0.561. The maximum atomic E-state index is 12.5. The Balaban J connectivity index is 1.87. The topological polar surface area (TPSA) is 111 Å². The number of carbonyl (C=O) groups is 3. The second-order valence-corrected chi connectivity index (χ2v) is 10.3. The van der Waals surface area contributed by atoms with E-state index in [9.17, 15) is 14.4 Å². The molecule has 1 heterocycles. The average Bonchev–Trinajstić information content (AvgIpc) is 2.92. The Hall–Kier alpha value is -4.39. The summed E-state index contributed by atoms with van der Waals surface area (Å²) in [7, 11) is 4.66. The standard InChI is InChI=1S/C31H40N4O6/c1-23-22-25(33-27(32-23)12-9-8-10-13-28(36)39-7)17-14-24-15-18-26(19-16-24)35(6)30(38)40-21-11-20-34(5)29(37)41-31(2,3)4/h14-19,22H,8,10-11,13,20-21H2,1-7H3/b17-14+. The first kappa shape index (κ1) is 32.8. The highest BCUT2D eigenvalue weighted by molar-refractivity contribution is 5.87. The summed E-state index contributed by atoms with van der Waals surface area (Å²) in [6, 6.07) is 9.30. The van der Waals surface area contributed by atoms with Crippen LogP contribution in [0.2, 0.25) is 0 Å². The number of nitrogens with zero attached hydrogens (tertiary/aromatic N) is 4. The molecule has 0 aliphatic heterocycles. The maximum Gasteiger partial charge on any atom is 0.414 e. The Morgan fingerprint density at radius 2 is 1.71 bits per heavy atom. The van der Waals surface area contributed by atoms with E-state index in [0.717, 1.165) is 17.0 Å². The highest BCUT2D eigenvalue weighted by Gasteiger charge is 2.19. The summed E-state index contributed by atoms with van der Waals surface area (Å²) in [5.41, 5.74) is 2.56. The van der Waals surface area contributed by atoms with Crippen molar-refractivity contribution in [2.75, 3.05) is 39.3 Å². The van der Waals surface area contributed by atoms with Crippen molar-refractivity contribution >= 4 is 36.0 Å². The van der Waals surface area contributed by atoms with Gasteiger partial charge in [-0.1, -0.05) is 24.1 Å². The number of aryl methyl sites for hydroxylation is 1. The number of benzene rings is 1. The number of methoxy groups -OCH3 is 1. The molecular weight excluding hydrogens is 524 g/mol. The Bertz CT molecular complexity index is 1270. The number of rotatable bonds is 10. The van der Waals surface area contributed by atoms with Crippen LogP contribution in [0.1, 0.15) is 69.2 Å². The third-order valence-corrected chi connectivity index (χ3v) is 5.55. The Morgan fingerprint density at radius 3 is 2.37 bits per heavy atom. The summed E-state index contributed by atoms with van der Waals surface area (Å²) in [6.45, 7) is 7.89. The van der Waals surface area contributed by atoms with E-state index in [4.69, 9.17) is 9.47 Å². The van der Waals surface area contributed by atoms with Gasteiger partial charge in [-0.05, 0) is 76.3 Å². The summed E-state index contributed by atoms with van der Waals surface area (Å²) in [6.07, 6.45) is 4.89. The van der Waals surface area contributed by atoms with Crippen LogP contribution in [-0.4, -0.2) is 73.0 Å². The molecule has 0 fully saturated rings. The van der Waals surface area contributed by atoms with E-state index in [1.165, 1.54) is 16.9 Å². The van der Waals surface area contributed by atoms with Gasteiger partial charge in [-0.2, -0.15) is 0 Å². The number of carbonyl (C=O) groups excluding carboxylic acids is 3. The number of unbranched alkanes of at least 4 members (excludes halogenated alkanes) is 1. The Kier molecular flexibility index (Phi) is 12.8. The summed E-state index contributed by atoms with van der Waals surface area (Å²) in [5, 5.41) is 0. The fourth-order valence-electron chi connectivity index (χ4n) is 3.38. The van der Waals surface area contributed by atoms with Crippen LogP contribution >= 0.6 is 0 Å². The van der Waals surface area contributed by atoms with Crippen molar-refractivity contribution in [1.29, 1.82) is 0 Å². The summed E-state index contributed by atoms with van der Waals surface area (Å²) < 4.78 is 15.3. The fraction of sp³-hybridized carbons (Fsp3) is 0.452. The van der Waals surface area contributed by atoms with Gasteiger partial charge in [0.25, 0.3) is 0 Å². The van der Waals surface area contributed by atoms with Crippen LogP contribution < -0.4 is 4.90 Å². The number of hydrogen-bond acceptors (Lipinski definition) is 8. The van der Waals surface area contributed by atoms with E-state index in [-0.39, 0.29) is 12.6 Å². The number of esters is 1. The van der Waals surface area contributed by atoms with E-state index in [1.54, 1.807) is 14.1 Å². The van der Waals surface area contributed by atoms with Gasteiger partial charge in [0, 0.05) is 44.9 Å². The Morgan fingerprint density at radius 1 is 1.00 bits per heavy atom. The molecule has 2 rings (SSSR count). The van der Waals surface area contributed by atoms with E-state index in [0.29, 0.717) is 43.7 Å². The van der Waals surface area contributed by atoms with Crippen molar-refractivity contribution in [1.82, 2.24) is 14.9 Å². The van der Waals surface area contributed by atoms with Gasteiger partial charge < -0.3 is 19.1 Å². The first-order valence-electron chi connectivity index (χ1n) is 13.4. The van der Waals surface area contributed by atoms with Gasteiger partial charge in [0.15, 0.2) is 0 Å². The normalized spacial score (nSPS) is 10.9. The maximum absolute atomic E-state index is 12.5. The summed E-state index contributed by atoms with van der Waals surface area (Å²) >= 11 is 0. The molecule has 0 unspecified atom stereocenters. The van der Waals surface area contributed by atoms with Gasteiger partial charge in [0.2, 0.25) is 5.82 Å². The molecule has 0 N–H and O–H groups in total. The van der Waals surface area contributed by atoms with Gasteiger partial charge in [-0.3, -0.25) is 9.69 Å². The van der Waals surface area contributed by atoms with Crippen LogP contribution in [0.5, 0.6) is 0 Å². The molecule has 0 radical (unpaired) electrons. The summed E-state index contributed by atoms with van der Waals surface area (Å²) in [4.78, 5) is 47.4. The molecule has 0 saturated heterocycles. The second kappa shape index (κ2) is 16.0.